The lowest BCUT2D eigenvalue weighted by atomic mass is 10.0. The van der Waals surface area contributed by atoms with Crippen LogP contribution < -0.4 is 10.6 Å². The third-order valence-corrected chi connectivity index (χ3v) is 4.40. The van der Waals surface area contributed by atoms with Gasteiger partial charge in [0.15, 0.2) is 0 Å². The highest BCUT2D eigenvalue weighted by molar-refractivity contribution is 7.99. The van der Waals surface area contributed by atoms with Crippen LogP contribution in [0, 0.1) is 5.82 Å². The Morgan fingerprint density at radius 2 is 2.37 bits per heavy atom. The largest absolute Gasteiger partial charge is 0.387 e. The number of nitrogens with one attached hydrogen (secondary N) is 2. The number of urea groups is 1. The van der Waals surface area contributed by atoms with Gasteiger partial charge >= 0.3 is 6.03 Å². The van der Waals surface area contributed by atoms with Gasteiger partial charge in [0.25, 0.3) is 0 Å². The lowest BCUT2D eigenvalue weighted by Crippen LogP contribution is -2.44. The van der Waals surface area contributed by atoms with Gasteiger partial charge in [0.2, 0.25) is 0 Å². The molecule has 0 aromatic heterocycles. The molecule has 0 spiro atoms. The molecule has 1 atom stereocenters. The molecular weight excluding hydrogens is 291 g/mol. The molecule has 1 aromatic carbocycles. The normalized spacial score (nSPS) is 22.3. The molecule has 0 aliphatic carbocycles. The Morgan fingerprint density at radius 1 is 1.58 bits per heavy atom. The molecule has 0 saturated carbocycles. The fourth-order valence-electron chi connectivity index (χ4n) is 1.74. The van der Waals surface area contributed by atoms with Crippen LogP contribution in [-0.2, 0) is 0 Å². The first kappa shape index (κ1) is 14.4. The molecule has 1 saturated heterocycles. The minimum Gasteiger partial charge on any atom is -0.387 e. The summed E-state index contributed by atoms with van der Waals surface area (Å²) in [7, 11) is 0. The molecule has 1 aromatic rings. The van der Waals surface area contributed by atoms with E-state index in [-0.39, 0.29) is 17.3 Å². The van der Waals surface area contributed by atoms with E-state index < -0.39 is 17.4 Å². The molecule has 1 fully saturated rings. The summed E-state index contributed by atoms with van der Waals surface area (Å²) >= 11 is 7.48. The highest BCUT2D eigenvalue weighted by Gasteiger charge is 2.31. The van der Waals surface area contributed by atoms with Gasteiger partial charge in [-0.05, 0) is 30.4 Å². The first-order valence-corrected chi connectivity index (χ1v) is 7.32. The predicted octanol–water partition coefficient (Wildman–Crippen LogP) is 2.47. The van der Waals surface area contributed by atoms with Crippen LogP contribution in [0.5, 0.6) is 0 Å². The van der Waals surface area contributed by atoms with Gasteiger partial charge in [-0.3, -0.25) is 0 Å². The van der Waals surface area contributed by atoms with Crippen LogP contribution in [0.3, 0.4) is 0 Å². The van der Waals surface area contributed by atoms with E-state index >= 15 is 0 Å². The number of benzene rings is 1. The molecular formula is C12H14ClFN2O2S. The van der Waals surface area contributed by atoms with Crippen molar-refractivity contribution >= 4 is 35.1 Å². The Hall–Kier alpha value is -0.980. The van der Waals surface area contributed by atoms with Gasteiger partial charge in [0, 0.05) is 12.3 Å². The summed E-state index contributed by atoms with van der Waals surface area (Å²) in [6.07, 6.45) is 0.651. The second kappa shape index (κ2) is 5.98. The average molecular weight is 305 g/mol. The minimum atomic E-state index is -0.853. The van der Waals surface area contributed by atoms with Crippen LogP contribution in [0.1, 0.15) is 6.42 Å². The molecule has 1 heterocycles. The van der Waals surface area contributed by atoms with E-state index in [0.29, 0.717) is 12.2 Å². The van der Waals surface area contributed by atoms with Crippen molar-refractivity contribution in [3.63, 3.8) is 0 Å². The minimum absolute atomic E-state index is 0.165. The summed E-state index contributed by atoms with van der Waals surface area (Å²) in [6.45, 7) is 0.165. The highest BCUT2D eigenvalue weighted by atomic mass is 35.5. The molecule has 19 heavy (non-hydrogen) atoms. The quantitative estimate of drug-likeness (QED) is 0.804. The number of thioether (sulfide) groups is 1. The molecule has 0 bridgehead atoms. The maximum Gasteiger partial charge on any atom is 0.319 e. The summed E-state index contributed by atoms with van der Waals surface area (Å²) < 4.78 is 13.0. The van der Waals surface area contributed by atoms with Gasteiger partial charge < -0.3 is 15.7 Å². The third-order valence-electron chi connectivity index (χ3n) is 2.84. The van der Waals surface area contributed by atoms with Crippen LogP contribution in [0.15, 0.2) is 18.2 Å². The Bertz CT molecular complexity index is 481. The average Bonchev–Trinajstić information content (AvgIpc) is 2.79. The van der Waals surface area contributed by atoms with Crippen molar-refractivity contribution in [2.75, 3.05) is 23.4 Å². The van der Waals surface area contributed by atoms with Gasteiger partial charge in [-0.1, -0.05) is 11.6 Å². The van der Waals surface area contributed by atoms with Gasteiger partial charge in [-0.2, -0.15) is 11.8 Å². The fourth-order valence-corrected chi connectivity index (χ4v) is 3.20. The number of aliphatic hydroxyl groups is 1. The van der Waals surface area contributed by atoms with Crippen molar-refractivity contribution in [1.82, 2.24) is 5.32 Å². The molecule has 4 nitrogen and oxygen atoms in total. The monoisotopic (exact) mass is 304 g/mol. The number of hydrogen-bond acceptors (Lipinski definition) is 3. The molecule has 3 N–H and O–H groups in total. The zero-order chi connectivity index (χ0) is 13.9. The number of hydrogen-bond donors (Lipinski definition) is 3. The van der Waals surface area contributed by atoms with Gasteiger partial charge in [0.1, 0.15) is 5.82 Å². The maximum absolute atomic E-state index is 13.0. The van der Waals surface area contributed by atoms with Crippen molar-refractivity contribution < 1.29 is 14.3 Å². The van der Waals surface area contributed by atoms with E-state index in [2.05, 4.69) is 10.6 Å². The van der Waals surface area contributed by atoms with Crippen molar-refractivity contribution in [2.45, 2.75) is 12.0 Å². The van der Waals surface area contributed by atoms with E-state index in [1.54, 1.807) is 11.8 Å². The number of amides is 2. The molecule has 2 amide bonds. The first-order valence-electron chi connectivity index (χ1n) is 5.79. The summed E-state index contributed by atoms with van der Waals surface area (Å²) in [5, 5.41) is 15.3. The topological polar surface area (TPSA) is 61.4 Å². The molecule has 2 rings (SSSR count). The van der Waals surface area contributed by atoms with Gasteiger partial charge in [0.05, 0.1) is 16.3 Å². The Balaban J connectivity index is 1.89. The SMILES string of the molecule is O=C(NCC1(O)CCSC1)Nc1cc(F)ccc1Cl. The molecule has 7 heteroatoms. The zero-order valence-electron chi connectivity index (χ0n) is 10.1. The predicted molar refractivity (Wildman–Crippen MR) is 75.3 cm³/mol. The van der Waals surface area contributed by atoms with Gasteiger partial charge in [-0.25, -0.2) is 9.18 Å². The van der Waals surface area contributed by atoms with E-state index in [4.69, 9.17) is 11.6 Å². The number of halogens is 2. The highest BCUT2D eigenvalue weighted by Crippen LogP contribution is 2.27. The van der Waals surface area contributed by atoms with E-state index in [1.165, 1.54) is 12.1 Å². The van der Waals surface area contributed by atoms with Crippen molar-refractivity contribution in [3.8, 4) is 0 Å². The van der Waals surface area contributed by atoms with E-state index in [0.717, 1.165) is 11.8 Å². The maximum atomic E-state index is 13.0. The summed E-state index contributed by atoms with van der Waals surface area (Å²) in [5.74, 6) is 1.01. The lowest BCUT2D eigenvalue weighted by molar-refractivity contribution is 0.0706. The molecule has 104 valence electrons. The van der Waals surface area contributed by atoms with E-state index in [9.17, 15) is 14.3 Å². The number of carbonyl (C=O) groups excluding carboxylic acids is 1. The Kier molecular flexibility index (Phi) is 4.54. The number of anilines is 1. The third kappa shape index (κ3) is 3.99. The molecule has 1 unspecified atom stereocenters. The second-order valence-corrected chi connectivity index (χ2v) is 5.97. The zero-order valence-corrected chi connectivity index (χ0v) is 11.7. The standard InChI is InChI=1S/C12H14ClFN2O2S/c13-9-2-1-8(14)5-10(9)16-11(17)15-6-12(18)3-4-19-7-12/h1-2,5,18H,3-4,6-7H2,(H2,15,16,17). The number of carbonyl (C=O) groups is 1. The van der Waals surface area contributed by atoms with Crippen LogP contribution in [0.25, 0.3) is 0 Å². The second-order valence-electron chi connectivity index (χ2n) is 4.46. The van der Waals surface area contributed by atoms with Crippen LogP contribution in [0.2, 0.25) is 5.02 Å². The van der Waals surface area contributed by atoms with E-state index in [1.807, 2.05) is 0 Å². The van der Waals surface area contributed by atoms with Crippen LogP contribution in [0.4, 0.5) is 14.9 Å². The summed E-state index contributed by atoms with van der Waals surface area (Å²) in [6, 6.07) is 3.21. The lowest BCUT2D eigenvalue weighted by Gasteiger charge is -2.21. The van der Waals surface area contributed by atoms with Gasteiger partial charge in [-0.15, -0.1) is 0 Å². The number of rotatable bonds is 3. The summed E-state index contributed by atoms with van der Waals surface area (Å²) in [5.41, 5.74) is -0.653. The van der Waals surface area contributed by atoms with Crippen molar-refractivity contribution in [1.29, 1.82) is 0 Å². The first-order chi connectivity index (χ1) is 8.98. The molecule has 1 aliphatic heterocycles. The van der Waals surface area contributed by atoms with Crippen molar-refractivity contribution in [3.05, 3.63) is 29.0 Å². The van der Waals surface area contributed by atoms with Crippen molar-refractivity contribution in [2.24, 2.45) is 0 Å². The Labute approximate surface area is 119 Å². The van der Waals surface area contributed by atoms with Crippen LogP contribution in [-0.4, -0.2) is 34.8 Å². The molecule has 0 radical (unpaired) electrons. The molecule has 1 aliphatic rings. The summed E-state index contributed by atoms with van der Waals surface area (Å²) in [4.78, 5) is 11.7. The smallest absolute Gasteiger partial charge is 0.319 e. The van der Waals surface area contributed by atoms with Crippen LogP contribution >= 0.6 is 23.4 Å². The Morgan fingerprint density at radius 3 is 3.05 bits per heavy atom. The fraction of sp³-hybridized carbons (Fsp3) is 0.417.